The molecule has 3 heterocycles. The van der Waals surface area contributed by atoms with Crippen molar-refractivity contribution in [3.8, 4) is 22.7 Å². The molecule has 0 atom stereocenters. The van der Waals surface area contributed by atoms with Crippen molar-refractivity contribution >= 4 is 11.9 Å². The van der Waals surface area contributed by atoms with Gasteiger partial charge in [0, 0.05) is 24.2 Å². The summed E-state index contributed by atoms with van der Waals surface area (Å²) in [6.07, 6.45) is 0. The summed E-state index contributed by atoms with van der Waals surface area (Å²) in [7, 11) is 0. The fourth-order valence-electron chi connectivity index (χ4n) is 3.07. The Morgan fingerprint density at radius 2 is 1.85 bits per heavy atom. The van der Waals surface area contributed by atoms with Gasteiger partial charge in [0.2, 0.25) is 5.95 Å². The van der Waals surface area contributed by atoms with E-state index in [-0.39, 0.29) is 11.9 Å². The molecule has 0 unspecified atom stereocenters. The minimum atomic E-state index is -0.0101. The summed E-state index contributed by atoms with van der Waals surface area (Å²) in [4.78, 5) is 23.1. The van der Waals surface area contributed by atoms with E-state index in [2.05, 4.69) is 9.97 Å². The molecule has 3 aromatic rings. The number of benzene rings is 1. The molecule has 1 amide bonds. The number of furan rings is 1. The lowest BCUT2D eigenvalue weighted by Gasteiger charge is -2.27. The number of anilines is 1. The van der Waals surface area contributed by atoms with Gasteiger partial charge < -0.3 is 19.8 Å². The van der Waals surface area contributed by atoms with Crippen molar-refractivity contribution in [1.29, 1.82) is 0 Å². The van der Waals surface area contributed by atoms with Gasteiger partial charge in [0.05, 0.1) is 18.9 Å². The molecule has 1 aromatic carbocycles. The van der Waals surface area contributed by atoms with Crippen molar-refractivity contribution in [1.82, 2.24) is 14.9 Å². The molecule has 0 saturated carbocycles. The maximum atomic E-state index is 12.7. The maximum absolute atomic E-state index is 12.7. The van der Waals surface area contributed by atoms with E-state index in [1.165, 1.54) is 0 Å². The second-order valence-electron chi connectivity index (χ2n) is 6.39. The number of amides is 1. The van der Waals surface area contributed by atoms with Crippen molar-refractivity contribution < 1.29 is 13.9 Å². The summed E-state index contributed by atoms with van der Waals surface area (Å²) in [6.45, 7) is 4.21. The van der Waals surface area contributed by atoms with E-state index in [0.717, 1.165) is 11.3 Å². The molecule has 1 fully saturated rings. The highest BCUT2D eigenvalue weighted by Gasteiger charge is 2.19. The van der Waals surface area contributed by atoms with Crippen LogP contribution in [0.5, 0.6) is 0 Å². The smallest absolute Gasteiger partial charge is 0.254 e. The number of hydrogen-bond donors (Lipinski definition) is 1. The van der Waals surface area contributed by atoms with E-state index in [1.54, 1.807) is 4.90 Å². The average molecular weight is 364 g/mol. The lowest BCUT2D eigenvalue weighted by Crippen LogP contribution is -2.40. The minimum absolute atomic E-state index is 0.0101. The van der Waals surface area contributed by atoms with E-state index in [1.807, 2.05) is 49.4 Å². The third-order valence-corrected chi connectivity index (χ3v) is 4.44. The van der Waals surface area contributed by atoms with Gasteiger partial charge in [-0.05, 0) is 37.3 Å². The van der Waals surface area contributed by atoms with Crippen molar-refractivity contribution in [2.75, 3.05) is 32.0 Å². The van der Waals surface area contributed by atoms with Crippen LogP contribution in [-0.2, 0) is 4.74 Å². The van der Waals surface area contributed by atoms with Gasteiger partial charge in [-0.1, -0.05) is 12.1 Å². The van der Waals surface area contributed by atoms with Crippen molar-refractivity contribution in [2.45, 2.75) is 6.92 Å². The Bertz CT molecular complexity index is 977. The average Bonchev–Trinajstić information content (AvgIpc) is 3.14. The molecule has 2 N–H and O–H groups in total. The molecule has 27 heavy (non-hydrogen) atoms. The predicted octanol–water partition coefficient (Wildman–Crippen LogP) is 2.77. The zero-order valence-corrected chi connectivity index (χ0v) is 15.0. The topological polar surface area (TPSA) is 94.5 Å². The second kappa shape index (κ2) is 7.20. The van der Waals surface area contributed by atoms with Crippen LogP contribution in [0.1, 0.15) is 16.1 Å². The Hall–Kier alpha value is -3.19. The monoisotopic (exact) mass is 364 g/mol. The number of morpholine rings is 1. The number of carbonyl (C=O) groups is 1. The van der Waals surface area contributed by atoms with Crippen molar-refractivity contribution in [3.05, 3.63) is 53.8 Å². The zero-order valence-electron chi connectivity index (χ0n) is 15.0. The molecule has 0 radical (unpaired) electrons. The van der Waals surface area contributed by atoms with Gasteiger partial charge in [-0.3, -0.25) is 4.79 Å². The first-order valence-electron chi connectivity index (χ1n) is 8.79. The highest BCUT2D eigenvalue weighted by molar-refractivity contribution is 5.95. The van der Waals surface area contributed by atoms with Gasteiger partial charge in [-0.2, -0.15) is 0 Å². The van der Waals surface area contributed by atoms with Crippen LogP contribution in [0.2, 0.25) is 0 Å². The molecule has 138 valence electrons. The number of carbonyl (C=O) groups excluding carboxylic acids is 1. The van der Waals surface area contributed by atoms with Gasteiger partial charge in [-0.15, -0.1) is 0 Å². The summed E-state index contributed by atoms with van der Waals surface area (Å²) in [5, 5.41) is 0. The molecule has 2 aromatic heterocycles. The number of rotatable bonds is 3. The van der Waals surface area contributed by atoms with Crippen molar-refractivity contribution in [3.63, 3.8) is 0 Å². The summed E-state index contributed by atoms with van der Waals surface area (Å²) >= 11 is 0. The summed E-state index contributed by atoms with van der Waals surface area (Å²) < 4.78 is 11.0. The normalized spacial score (nSPS) is 14.3. The van der Waals surface area contributed by atoms with Crippen LogP contribution in [0.4, 0.5) is 5.95 Å². The molecule has 7 nitrogen and oxygen atoms in total. The van der Waals surface area contributed by atoms with Gasteiger partial charge in [0.15, 0.2) is 5.76 Å². The number of hydrogen-bond acceptors (Lipinski definition) is 6. The highest BCUT2D eigenvalue weighted by atomic mass is 16.5. The Morgan fingerprint density at radius 3 is 2.59 bits per heavy atom. The van der Waals surface area contributed by atoms with E-state index < -0.39 is 0 Å². The van der Waals surface area contributed by atoms with Crippen LogP contribution >= 0.6 is 0 Å². The zero-order chi connectivity index (χ0) is 18.8. The van der Waals surface area contributed by atoms with E-state index in [4.69, 9.17) is 14.9 Å². The number of ether oxygens (including phenoxy) is 1. The Labute approximate surface area is 156 Å². The largest absolute Gasteiger partial charge is 0.460 e. The van der Waals surface area contributed by atoms with Crippen molar-refractivity contribution in [2.24, 2.45) is 0 Å². The number of aryl methyl sites for hydroxylation is 1. The maximum Gasteiger partial charge on any atom is 0.254 e. The van der Waals surface area contributed by atoms with Crippen LogP contribution in [-0.4, -0.2) is 47.1 Å². The fraction of sp³-hybridized carbons (Fsp3) is 0.250. The molecule has 7 heteroatoms. The quantitative estimate of drug-likeness (QED) is 0.768. The van der Waals surface area contributed by atoms with E-state index >= 15 is 0 Å². The molecule has 1 saturated heterocycles. The van der Waals surface area contributed by atoms with E-state index in [9.17, 15) is 4.79 Å². The molecule has 4 rings (SSSR count). The highest BCUT2D eigenvalue weighted by Crippen LogP contribution is 2.26. The standard InChI is InChI=1S/C20H20N4O3/c1-13-5-6-18(27-13)17-12-16(22-20(21)23-17)14-3-2-4-15(11-14)19(25)24-7-9-26-10-8-24/h2-6,11-12H,7-10H2,1H3,(H2,21,22,23). The molecular weight excluding hydrogens is 344 g/mol. The van der Waals surface area contributed by atoms with Crippen LogP contribution in [0, 0.1) is 6.92 Å². The van der Waals surface area contributed by atoms with Gasteiger partial charge in [0.25, 0.3) is 5.91 Å². The Morgan fingerprint density at radius 1 is 1.07 bits per heavy atom. The molecule has 1 aliphatic heterocycles. The van der Waals surface area contributed by atoms with Crippen LogP contribution in [0.15, 0.2) is 46.9 Å². The van der Waals surface area contributed by atoms with Gasteiger partial charge in [-0.25, -0.2) is 9.97 Å². The third kappa shape index (κ3) is 3.68. The number of aromatic nitrogens is 2. The molecule has 0 bridgehead atoms. The summed E-state index contributed by atoms with van der Waals surface area (Å²) in [6, 6.07) is 12.9. The van der Waals surface area contributed by atoms with Gasteiger partial charge >= 0.3 is 0 Å². The number of nitrogen functional groups attached to an aromatic ring is 1. The summed E-state index contributed by atoms with van der Waals surface area (Å²) in [5.74, 6) is 1.57. The lowest BCUT2D eigenvalue weighted by molar-refractivity contribution is 0.0303. The number of nitrogens with zero attached hydrogens (tertiary/aromatic N) is 3. The first-order valence-corrected chi connectivity index (χ1v) is 8.79. The number of nitrogens with two attached hydrogens (primary N) is 1. The third-order valence-electron chi connectivity index (χ3n) is 4.44. The Balaban J connectivity index is 1.67. The fourth-order valence-corrected chi connectivity index (χ4v) is 3.07. The SMILES string of the molecule is Cc1ccc(-c2cc(-c3cccc(C(=O)N4CCOCC4)c3)nc(N)n2)o1. The lowest BCUT2D eigenvalue weighted by atomic mass is 10.1. The summed E-state index contributed by atoms with van der Waals surface area (Å²) in [5.41, 5.74) is 8.56. The second-order valence-corrected chi connectivity index (χ2v) is 6.39. The molecule has 0 aliphatic carbocycles. The van der Waals surface area contributed by atoms with Crippen LogP contribution in [0.25, 0.3) is 22.7 Å². The molecule has 0 spiro atoms. The molecule has 1 aliphatic rings. The minimum Gasteiger partial charge on any atom is -0.460 e. The van der Waals surface area contributed by atoms with Crippen LogP contribution < -0.4 is 5.73 Å². The first kappa shape index (κ1) is 17.2. The van der Waals surface area contributed by atoms with Gasteiger partial charge in [0.1, 0.15) is 11.5 Å². The predicted molar refractivity (Wildman–Crippen MR) is 101 cm³/mol. The first-order chi connectivity index (χ1) is 13.1. The van der Waals surface area contributed by atoms with Crippen LogP contribution in [0.3, 0.4) is 0 Å². The molecular formula is C20H20N4O3. The Kier molecular flexibility index (Phi) is 4.60. The van der Waals surface area contributed by atoms with E-state index in [0.29, 0.717) is 49.0 Å².